The minimum atomic E-state index is -1.55. The molecular weight excluding hydrogens is 839 g/mol. The Morgan fingerprint density at radius 1 is 0.507 bits per heavy atom. The summed E-state index contributed by atoms with van der Waals surface area (Å²) < 4.78 is 11.3. The van der Waals surface area contributed by atoms with Gasteiger partial charge in [0, 0.05) is 6.42 Å². The summed E-state index contributed by atoms with van der Waals surface area (Å²) in [6, 6.07) is -0.716. The van der Waals surface area contributed by atoms with E-state index in [9.17, 15) is 30.3 Å². The third-order valence-corrected chi connectivity index (χ3v) is 14.1. The number of nitrogens with one attached hydrogen (secondary N) is 1. The van der Waals surface area contributed by atoms with Gasteiger partial charge in [0.25, 0.3) is 0 Å². The second-order valence-corrected chi connectivity index (χ2v) is 20.4. The summed E-state index contributed by atoms with van der Waals surface area (Å²) in [6.45, 7) is 3.85. The Balaban J connectivity index is 2.14. The molecule has 1 aliphatic heterocycles. The summed E-state index contributed by atoms with van der Waals surface area (Å²) in [5.41, 5.74) is 0. The molecule has 0 aliphatic carbocycles. The Morgan fingerprint density at radius 3 is 1.28 bits per heavy atom. The average molecular weight is 951 g/mol. The van der Waals surface area contributed by atoms with Crippen LogP contribution in [0.15, 0.2) is 24.3 Å². The predicted octanol–water partition coefficient (Wildman–Crippen LogP) is 14.2. The first-order valence-corrected chi connectivity index (χ1v) is 29.0. The first kappa shape index (κ1) is 63.7. The number of aliphatic hydroxyl groups excluding tert-OH is 5. The van der Waals surface area contributed by atoms with Crippen LogP contribution in [0.3, 0.4) is 0 Å². The molecule has 1 saturated heterocycles. The molecule has 1 fully saturated rings. The van der Waals surface area contributed by atoms with Crippen LogP contribution in [0.4, 0.5) is 0 Å². The number of amides is 1. The Kier molecular flexibility index (Phi) is 45.9. The highest BCUT2D eigenvalue weighted by Crippen LogP contribution is 2.23. The molecule has 9 nitrogen and oxygen atoms in total. The van der Waals surface area contributed by atoms with Crippen LogP contribution in [0, 0.1) is 0 Å². The van der Waals surface area contributed by atoms with Crippen LogP contribution in [-0.2, 0) is 14.3 Å². The van der Waals surface area contributed by atoms with Crippen molar-refractivity contribution in [2.24, 2.45) is 0 Å². The van der Waals surface area contributed by atoms with Crippen molar-refractivity contribution in [2.75, 3.05) is 13.2 Å². The van der Waals surface area contributed by atoms with Gasteiger partial charge in [-0.3, -0.25) is 4.79 Å². The van der Waals surface area contributed by atoms with Gasteiger partial charge in [0.2, 0.25) is 5.91 Å². The van der Waals surface area contributed by atoms with Gasteiger partial charge in [-0.15, -0.1) is 0 Å². The molecule has 7 unspecified atom stereocenters. The van der Waals surface area contributed by atoms with E-state index in [0.717, 1.165) is 44.9 Å². The van der Waals surface area contributed by atoms with Crippen molar-refractivity contribution in [1.29, 1.82) is 0 Å². The van der Waals surface area contributed by atoms with E-state index in [-0.39, 0.29) is 12.5 Å². The Morgan fingerprint density at radius 2 is 0.881 bits per heavy atom. The fourth-order valence-corrected chi connectivity index (χ4v) is 9.43. The fourth-order valence-electron chi connectivity index (χ4n) is 9.43. The zero-order chi connectivity index (χ0) is 48.7. The molecule has 0 saturated carbocycles. The van der Waals surface area contributed by atoms with Crippen molar-refractivity contribution in [2.45, 2.75) is 326 Å². The van der Waals surface area contributed by atoms with Crippen molar-refractivity contribution < 1.29 is 39.8 Å². The quantitative estimate of drug-likeness (QED) is 0.0261. The maximum absolute atomic E-state index is 13.1. The monoisotopic (exact) mass is 950 g/mol. The summed E-state index contributed by atoms with van der Waals surface area (Å²) in [4.78, 5) is 13.1. The molecule has 7 atom stereocenters. The van der Waals surface area contributed by atoms with E-state index in [2.05, 4.69) is 43.5 Å². The van der Waals surface area contributed by atoms with E-state index in [1.807, 2.05) is 0 Å². The standard InChI is InChI=1S/C58H111NO8/c1-3-5-7-9-11-13-15-17-19-20-21-22-23-24-25-26-27-28-29-30-31-32-34-36-38-40-42-44-46-48-54(62)59-51(50-66-58-57(65)56(64)55(63)53(49-60)67-58)52(61)47-45-43-41-39-37-35-33-18-16-14-12-10-8-6-4-2/h15,17,20-21,51-53,55-58,60-61,63-65H,3-14,16,18-19,22-50H2,1-2H3,(H,59,62)/b17-15-,21-20-. The third kappa shape index (κ3) is 38.1. The summed E-state index contributed by atoms with van der Waals surface area (Å²) in [6.07, 6.45) is 53.5. The first-order chi connectivity index (χ1) is 32.8. The van der Waals surface area contributed by atoms with Gasteiger partial charge in [-0.2, -0.15) is 0 Å². The molecule has 0 radical (unpaired) electrons. The highest BCUT2D eigenvalue weighted by molar-refractivity contribution is 5.76. The van der Waals surface area contributed by atoms with Crippen molar-refractivity contribution in [3.8, 4) is 0 Å². The van der Waals surface area contributed by atoms with E-state index in [1.165, 1.54) is 212 Å². The van der Waals surface area contributed by atoms with Gasteiger partial charge in [-0.05, 0) is 44.9 Å². The smallest absolute Gasteiger partial charge is 0.220 e. The number of unbranched alkanes of at least 4 members (excludes halogenated alkanes) is 36. The largest absolute Gasteiger partial charge is 0.394 e. The second-order valence-electron chi connectivity index (χ2n) is 20.4. The van der Waals surface area contributed by atoms with Gasteiger partial charge in [-0.25, -0.2) is 0 Å². The Labute approximate surface area is 413 Å². The van der Waals surface area contributed by atoms with E-state index >= 15 is 0 Å². The molecule has 0 aromatic heterocycles. The number of carbonyl (C=O) groups is 1. The molecule has 9 heteroatoms. The Bertz CT molecular complexity index is 1100. The minimum Gasteiger partial charge on any atom is -0.394 e. The van der Waals surface area contributed by atoms with Gasteiger partial charge >= 0.3 is 0 Å². The lowest BCUT2D eigenvalue weighted by molar-refractivity contribution is -0.302. The summed E-state index contributed by atoms with van der Waals surface area (Å²) in [5.74, 6) is -0.140. The highest BCUT2D eigenvalue weighted by Gasteiger charge is 2.44. The summed E-state index contributed by atoms with van der Waals surface area (Å²) >= 11 is 0. The normalized spacial score (nSPS) is 19.8. The van der Waals surface area contributed by atoms with Gasteiger partial charge in [0.1, 0.15) is 24.4 Å². The molecule has 1 rings (SSSR count). The number of allylic oxidation sites excluding steroid dienone is 4. The predicted molar refractivity (Wildman–Crippen MR) is 281 cm³/mol. The number of rotatable bonds is 50. The molecule has 1 amide bonds. The van der Waals surface area contributed by atoms with Crippen molar-refractivity contribution in [3.63, 3.8) is 0 Å². The Hall–Kier alpha value is -1.33. The zero-order valence-corrected chi connectivity index (χ0v) is 43.9. The molecule has 1 aliphatic rings. The van der Waals surface area contributed by atoms with Crippen LogP contribution in [0.2, 0.25) is 0 Å². The summed E-state index contributed by atoms with van der Waals surface area (Å²) in [5, 5.41) is 54.6. The van der Waals surface area contributed by atoms with Crippen LogP contribution in [0.25, 0.3) is 0 Å². The number of hydrogen-bond acceptors (Lipinski definition) is 8. The summed E-state index contributed by atoms with van der Waals surface area (Å²) in [7, 11) is 0. The first-order valence-electron chi connectivity index (χ1n) is 29.0. The van der Waals surface area contributed by atoms with E-state index < -0.39 is 49.5 Å². The van der Waals surface area contributed by atoms with E-state index in [0.29, 0.717) is 12.8 Å². The fraction of sp³-hybridized carbons (Fsp3) is 0.914. The van der Waals surface area contributed by atoms with Gasteiger partial charge in [-0.1, -0.05) is 256 Å². The molecule has 1 heterocycles. The van der Waals surface area contributed by atoms with E-state index in [1.54, 1.807) is 0 Å². The van der Waals surface area contributed by atoms with Gasteiger partial charge < -0.3 is 40.3 Å². The molecule has 0 spiro atoms. The average Bonchev–Trinajstić information content (AvgIpc) is 3.33. The number of aliphatic hydroxyl groups is 5. The molecule has 67 heavy (non-hydrogen) atoms. The number of hydrogen-bond donors (Lipinski definition) is 6. The molecule has 0 aromatic carbocycles. The molecule has 6 N–H and O–H groups in total. The number of ether oxygens (including phenoxy) is 2. The number of carbonyl (C=O) groups excluding carboxylic acids is 1. The van der Waals surface area contributed by atoms with Gasteiger partial charge in [0.05, 0.1) is 25.4 Å². The van der Waals surface area contributed by atoms with E-state index in [4.69, 9.17) is 9.47 Å². The highest BCUT2D eigenvalue weighted by atomic mass is 16.7. The third-order valence-electron chi connectivity index (χ3n) is 14.1. The second kappa shape index (κ2) is 48.3. The van der Waals surface area contributed by atoms with Crippen LogP contribution in [-0.4, -0.2) is 87.5 Å². The van der Waals surface area contributed by atoms with Crippen LogP contribution in [0.5, 0.6) is 0 Å². The lowest BCUT2D eigenvalue weighted by Gasteiger charge is -2.40. The topological polar surface area (TPSA) is 149 Å². The lowest BCUT2D eigenvalue weighted by atomic mass is 9.99. The lowest BCUT2D eigenvalue weighted by Crippen LogP contribution is -2.60. The minimum absolute atomic E-state index is 0.134. The van der Waals surface area contributed by atoms with Crippen LogP contribution < -0.4 is 5.32 Å². The zero-order valence-electron chi connectivity index (χ0n) is 43.9. The maximum atomic E-state index is 13.1. The van der Waals surface area contributed by atoms with Crippen LogP contribution >= 0.6 is 0 Å². The molecular formula is C58H111NO8. The maximum Gasteiger partial charge on any atom is 0.220 e. The van der Waals surface area contributed by atoms with Crippen molar-refractivity contribution in [3.05, 3.63) is 24.3 Å². The molecule has 396 valence electrons. The van der Waals surface area contributed by atoms with Crippen LogP contribution in [0.1, 0.15) is 284 Å². The van der Waals surface area contributed by atoms with Gasteiger partial charge in [0.15, 0.2) is 6.29 Å². The SMILES string of the molecule is CCCCCCC/C=C\C/C=C\CCCCCCCCCCCCCCCCCCCC(=O)NC(COC1OC(CO)C(O)C(O)C1O)C(O)CCCCCCCCCCCCCCCCC. The van der Waals surface area contributed by atoms with Crippen molar-refractivity contribution >= 4 is 5.91 Å². The molecule has 0 aromatic rings. The van der Waals surface area contributed by atoms with Crippen molar-refractivity contribution in [1.82, 2.24) is 5.32 Å². The molecule has 0 bridgehead atoms.